The monoisotopic (exact) mass is 404 g/mol. The number of ether oxygens (including phenoxy) is 3. The Kier molecular flexibility index (Phi) is 7.12. The lowest BCUT2D eigenvalue weighted by atomic mass is 9.98. The van der Waals surface area contributed by atoms with Crippen molar-refractivity contribution in [3.63, 3.8) is 0 Å². The van der Waals surface area contributed by atoms with Crippen molar-refractivity contribution in [3.8, 4) is 28.4 Å². The fraction of sp³-hybridized carbons (Fsp3) is 0.269. The number of hydrogen-bond acceptors (Lipinski definition) is 4. The summed E-state index contributed by atoms with van der Waals surface area (Å²) in [5, 5.41) is 0. The first-order chi connectivity index (χ1) is 14.5. The molecule has 3 aromatic carbocycles. The summed E-state index contributed by atoms with van der Waals surface area (Å²) in [4.78, 5) is 12.6. The van der Waals surface area contributed by atoms with Gasteiger partial charge in [0.1, 0.15) is 17.2 Å². The molecular weight excluding hydrogens is 376 g/mol. The van der Waals surface area contributed by atoms with E-state index in [4.69, 9.17) is 14.2 Å². The van der Waals surface area contributed by atoms with E-state index in [0.717, 1.165) is 33.9 Å². The Labute approximate surface area is 178 Å². The van der Waals surface area contributed by atoms with Crippen LogP contribution in [0.15, 0.2) is 66.7 Å². The largest absolute Gasteiger partial charge is 0.497 e. The zero-order chi connectivity index (χ0) is 21.5. The zero-order valence-electron chi connectivity index (χ0n) is 18.0. The summed E-state index contributed by atoms with van der Waals surface area (Å²) in [6.45, 7) is 4.01. The molecule has 0 aromatic heterocycles. The van der Waals surface area contributed by atoms with Crippen LogP contribution in [0.4, 0.5) is 0 Å². The average molecular weight is 405 g/mol. The van der Waals surface area contributed by atoms with Gasteiger partial charge >= 0.3 is 0 Å². The van der Waals surface area contributed by atoms with Crippen molar-refractivity contribution in [1.29, 1.82) is 0 Å². The highest BCUT2D eigenvalue weighted by Crippen LogP contribution is 2.30. The van der Waals surface area contributed by atoms with Crippen LogP contribution in [0, 0.1) is 0 Å². The van der Waals surface area contributed by atoms with E-state index in [0.29, 0.717) is 18.4 Å². The van der Waals surface area contributed by atoms with Gasteiger partial charge in [-0.25, -0.2) is 0 Å². The van der Waals surface area contributed by atoms with Crippen LogP contribution in [-0.2, 0) is 6.42 Å². The molecule has 0 bridgehead atoms. The fourth-order valence-corrected chi connectivity index (χ4v) is 3.26. The lowest BCUT2D eigenvalue weighted by Crippen LogP contribution is -2.09. The number of hydrogen-bond donors (Lipinski definition) is 0. The summed E-state index contributed by atoms with van der Waals surface area (Å²) in [5.74, 6) is 2.49. The molecule has 0 amide bonds. The molecule has 3 aromatic rings. The summed E-state index contributed by atoms with van der Waals surface area (Å²) in [5.41, 5.74) is 3.88. The molecule has 0 heterocycles. The molecule has 30 heavy (non-hydrogen) atoms. The molecule has 0 unspecified atom stereocenters. The van der Waals surface area contributed by atoms with Crippen molar-refractivity contribution in [3.05, 3.63) is 77.9 Å². The minimum Gasteiger partial charge on any atom is -0.497 e. The maximum absolute atomic E-state index is 12.6. The van der Waals surface area contributed by atoms with E-state index in [9.17, 15) is 4.79 Å². The molecule has 0 fully saturated rings. The molecule has 156 valence electrons. The summed E-state index contributed by atoms with van der Waals surface area (Å²) in [6, 6.07) is 21.4. The lowest BCUT2D eigenvalue weighted by molar-refractivity contribution is 0.0982. The number of carbonyl (C=O) groups excluding carboxylic acids is 1. The quantitative estimate of drug-likeness (QED) is 0.412. The van der Waals surface area contributed by atoms with Gasteiger partial charge in [-0.2, -0.15) is 0 Å². The third kappa shape index (κ3) is 5.41. The van der Waals surface area contributed by atoms with Gasteiger partial charge in [-0.1, -0.05) is 24.3 Å². The van der Waals surface area contributed by atoms with Crippen molar-refractivity contribution in [2.75, 3.05) is 14.2 Å². The summed E-state index contributed by atoms with van der Waals surface area (Å²) in [6.07, 6.45) is 1.09. The molecule has 0 aliphatic rings. The van der Waals surface area contributed by atoms with E-state index >= 15 is 0 Å². The Hall–Kier alpha value is -3.27. The smallest absolute Gasteiger partial charge is 0.163 e. The molecule has 0 saturated heterocycles. The third-order valence-corrected chi connectivity index (χ3v) is 4.89. The molecule has 0 spiro atoms. The second-order valence-corrected chi connectivity index (χ2v) is 7.37. The summed E-state index contributed by atoms with van der Waals surface area (Å²) < 4.78 is 16.5. The molecule has 4 heteroatoms. The summed E-state index contributed by atoms with van der Waals surface area (Å²) >= 11 is 0. The molecule has 3 rings (SSSR count). The number of Topliss-reactive ketones (excluding diaryl/α,β-unsaturated/α-hetero) is 1. The van der Waals surface area contributed by atoms with Crippen molar-refractivity contribution in [2.45, 2.75) is 32.8 Å². The Morgan fingerprint density at radius 2 is 1.37 bits per heavy atom. The van der Waals surface area contributed by atoms with Gasteiger partial charge in [-0.3, -0.25) is 4.79 Å². The minimum atomic E-state index is 0.0483. The van der Waals surface area contributed by atoms with Gasteiger partial charge in [0.25, 0.3) is 0 Å². The van der Waals surface area contributed by atoms with Gasteiger partial charge in [-0.15, -0.1) is 0 Å². The first-order valence-corrected chi connectivity index (χ1v) is 10.1. The van der Waals surface area contributed by atoms with Crippen LogP contribution >= 0.6 is 0 Å². The van der Waals surface area contributed by atoms with Crippen LogP contribution in [0.25, 0.3) is 11.1 Å². The van der Waals surface area contributed by atoms with Crippen molar-refractivity contribution < 1.29 is 19.0 Å². The van der Waals surface area contributed by atoms with E-state index in [1.165, 1.54) is 0 Å². The minimum absolute atomic E-state index is 0.0483. The number of carbonyl (C=O) groups is 1. The van der Waals surface area contributed by atoms with Crippen LogP contribution in [0.5, 0.6) is 17.2 Å². The van der Waals surface area contributed by atoms with Crippen molar-refractivity contribution in [1.82, 2.24) is 0 Å². The zero-order valence-corrected chi connectivity index (χ0v) is 18.0. The number of ketones is 1. The second kappa shape index (κ2) is 9.97. The van der Waals surface area contributed by atoms with E-state index in [-0.39, 0.29) is 11.9 Å². The van der Waals surface area contributed by atoms with E-state index < -0.39 is 0 Å². The molecule has 0 saturated carbocycles. The van der Waals surface area contributed by atoms with Gasteiger partial charge in [0.2, 0.25) is 0 Å². The fourth-order valence-electron chi connectivity index (χ4n) is 3.26. The van der Waals surface area contributed by atoms with Crippen LogP contribution in [0.3, 0.4) is 0 Å². The normalized spacial score (nSPS) is 10.7. The van der Waals surface area contributed by atoms with E-state index in [2.05, 4.69) is 18.2 Å². The molecular formula is C26H28O4. The molecule has 0 aliphatic carbocycles. The van der Waals surface area contributed by atoms with Crippen LogP contribution in [-0.4, -0.2) is 26.1 Å². The topological polar surface area (TPSA) is 44.8 Å². The maximum atomic E-state index is 12.6. The van der Waals surface area contributed by atoms with E-state index in [1.807, 2.05) is 50.2 Å². The third-order valence-electron chi connectivity index (χ3n) is 4.89. The van der Waals surface area contributed by atoms with Gasteiger partial charge in [0.05, 0.1) is 20.3 Å². The second-order valence-electron chi connectivity index (χ2n) is 7.37. The Morgan fingerprint density at radius 3 is 1.93 bits per heavy atom. The molecule has 0 aliphatic heterocycles. The first kappa shape index (κ1) is 21.4. The summed E-state index contributed by atoms with van der Waals surface area (Å²) in [7, 11) is 3.27. The Bertz CT molecular complexity index is 973. The molecule has 0 N–H and O–H groups in total. The SMILES string of the molecule is COc1ccc(C(=O)CCc2ccc(-c3ccc(OC)cc3)cc2OC(C)C)cc1. The average Bonchev–Trinajstić information content (AvgIpc) is 2.77. The maximum Gasteiger partial charge on any atom is 0.163 e. The number of rotatable bonds is 9. The Morgan fingerprint density at radius 1 is 0.800 bits per heavy atom. The van der Waals surface area contributed by atoms with Crippen LogP contribution in [0.2, 0.25) is 0 Å². The van der Waals surface area contributed by atoms with Crippen LogP contribution < -0.4 is 14.2 Å². The van der Waals surface area contributed by atoms with Gasteiger partial charge in [0.15, 0.2) is 5.78 Å². The predicted octanol–water partition coefficient (Wildman–Crippen LogP) is 5.97. The molecule has 0 atom stereocenters. The molecule has 0 radical (unpaired) electrons. The lowest BCUT2D eigenvalue weighted by Gasteiger charge is -2.16. The number of aryl methyl sites for hydroxylation is 1. The van der Waals surface area contributed by atoms with Gasteiger partial charge in [-0.05, 0) is 79.4 Å². The number of methoxy groups -OCH3 is 2. The van der Waals surface area contributed by atoms with Gasteiger partial charge < -0.3 is 14.2 Å². The highest BCUT2D eigenvalue weighted by molar-refractivity contribution is 5.96. The predicted molar refractivity (Wildman–Crippen MR) is 120 cm³/mol. The van der Waals surface area contributed by atoms with E-state index in [1.54, 1.807) is 26.4 Å². The Balaban J connectivity index is 1.77. The van der Waals surface area contributed by atoms with Crippen molar-refractivity contribution >= 4 is 5.78 Å². The highest BCUT2D eigenvalue weighted by Gasteiger charge is 2.12. The number of benzene rings is 3. The molecule has 4 nitrogen and oxygen atoms in total. The van der Waals surface area contributed by atoms with Gasteiger partial charge in [0, 0.05) is 12.0 Å². The highest BCUT2D eigenvalue weighted by atomic mass is 16.5. The first-order valence-electron chi connectivity index (χ1n) is 10.1. The standard InChI is InChI=1S/C26H28O4/c1-18(2)30-26-17-22(19-7-12-23(28-3)13-8-19)6-5-21(26)11-16-25(27)20-9-14-24(29-4)15-10-20/h5-10,12-15,17-18H,11,16H2,1-4H3. The van der Waals surface area contributed by atoms with Crippen LogP contribution in [0.1, 0.15) is 36.2 Å². The van der Waals surface area contributed by atoms with Crippen molar-refractivity contribution in [2.24, 2.45) is 0 Å².